The zero-order valence-electron chi connectivity index (χ0n) is 16.2. The van der Waals surface area contributed by atoms with E-state index in [0.717, 1.165) is 23.9 Å². The first-order valence-corrected chi connectivity index (χ1v) is 11.6. The maximum absolute atomic E-state index is 11.8. The number of hydrazine groups is 1. The van der Waals surface area contributed by atoms with Gasteiger partial charge in [0.05, 0.1) is 18.5 Å². The van der Waals surface area contributed by atoms with Crippen molar-refractivity contribution in [2.45, 2.75) is 57.5 Å². The van der Waals surface area contributed by atoms with Crippen molar-refractivity contribution in [2.24, 2.45) is 5.92 Å². The number of ether oxygens (including phenoxy) is 1. The third-order valence-corrected chi connectivity index (χ3v) is 7.66. The van der Waals surface area contributed by atoms with Gasteiger partial charge >= 0.3 is 5.97 Å². The first kappa shape index (κ1) is 18.4. The van der Waals surface area contributed by atoms with Gasteiger partial charge < -0.3 is 4.74 Å². The molecule has 0 bridgehead atoms. The molecule has 0 saturated carbocycles. The summed E-state index contributed by atoms with van der Waals surface area (Å²) in [5.74, 6) is 1.47. The van der Waals surface area contributed by atoms with E-state index in [1.807, 2.05) is 18.3 Å². The minimum atomic E-state index is -0.229. The van der Waals surface area contributed by atoms with Crippen molar-refractivity contribution in [2.75, 3.05) is 17.4 Å². The van der Waals surface area contributed by atoms with E-state index in [0.29, 0.717) is 12.5 Å². The highest BCUT2D eigenvalue weighted by molar-refractivity contribution is 7.99. The lowest BCUT2D eigenvalue weighted by molar-refractivity contribution is -0.139. The van der Waals surface area contributed by atoms with E-state index in [1.54, 1.807) is 0 Å². The number of aryl methyl sites for hydroxylation is 1. The van der Waals surface area contributed by atoms with Crippen molar-refractivity contribution in [3.8, 4) is 5.00 Å². The number of carbonyl (C=O) groups excluding carboxylic acids is 1. The number of nitrogens with zero attached hydrogens (tertiary/aromatic N) is 4. The minimum absolute atomic E-state index is 0.0647. The van der Waals surface area contributed by atoms with E-state index in [2.05, 4.69) is 44.4 Å². The first-order valence-electron chi connectivity index (χ1n) is 9.77. The second-order valence-electron chi connectivity index (χ2n) is 7.57. The van der Waals surface area contributed by atoms with Crippen LogP contribution in [0.2, 0.25) is 0 Å². The molecule has 1 saturated heterocycles. The van der Waals surface area contributed by atoms with Crippen LogP contribution in [-0.2, 0) is 22.4 Å². The van der Waals surface area contributed by atoms with Gasteiger partial charge in [-0.25, -0.2) is 9.99 Å². The van der Waals surface area contributed by atoms with Crippen molar-refractivity contribution < 1.29 is 9.53 Å². The lowest BCUT2D eigenvalue weighted by Gasteiger charge is -2.31. The minimum Gasteiger partial charge on any atom is -0.465 e. The van der Waals surface area contributed by atoms with Crippen LogP contribution in [0.5, 0.6) is 0 Å². The summed E-state index contributed by atoms with van der Waals surface area (Å²) in [5.41, 5.74) is 6.29. The fourth-order valence-electron chi connectivity index (χ4n) is 4.25. The van der Waals surface area contributed by atoms with Gasteiger partial charge in [-0.1, -0.05) is 18.7 Å². The van der Waals surface area contributed by atoms with Gasteiger partial charge in [0.1, 0.15) is 11.2 Å². The topological polar surface area (TPSA) is 84.3 Å². The molecule has 3 atom stereocenters. The van der Waals surface area contributed by atoms with Gasteiger partial charge in [0.2, 0.25) is 5.95 Å². The molecular weight excluding hydrogens is 396 g/mol. The van der Waals surface area contributed by atoms with Crippen LogP contribution in [0, 0.1) is 5.92 Å². The molecule has 8 nitrogen and oxygen atoms in total. The van der Waals surface area contributed by atoms with Crippen LogP contribution in [0.15, 0.2) is 5.16 Å². The molecule has 2 unspecified atom stereocenters. The van der Waals surface area contributed by atoms with E-state index >= 15 is 0 Å². The van der Waals surface area contributed by atoms with Crippen molar-refractivity contribution in [3.05, 3.63) is 16.0 Å². The van der Waals surface area contributed by atoms with Gasteiger partial charge in [-0.15, -0.1) is 21.5 Å². The SMILES string of the molecule is CCOC(=O)CSc1nnc2n1-c1sc3c(c1C1NC(C)NN21)C[C@H](C)CC3. The highest BCUT2D eigenvalue weighted by Crippen LogP contribution is 2.48. The van der Waals surface area contributed by atoms with Crippen molar-refractivity contribution >= 4 is 35.0 Å². The quantitative estimate of drug-likeness (QED) is 0.576. The normalized spacial score (nSPS) is 25.1. The summed E-state index contributed by atoms with van der Waals surface area (Å²) in [7, 11) is 0. The van der Waals surface area contributed by atoms with E-state index in [4.69, 9.17) is 4.74 Å². The van der Waals surface area contributed by atoms with Gasteiger partial charge in [-0.3, -0.25) is 15.1 Å². The molecule has 2 N–H and O–H groups in total. The average Bonchev–Trinajstić information content (AvgIpc) is 3.33. The summed E-state index contributed by atoms with van der Waals surface area (Å²) in [5, 5.41) is 16.5. The molecule has 5 rings (SSSR count). The molecule has 150 valence electrons. The zero-order chi connectivity index (χ0) is 19.4. The van der Waals surface area contributed by atoms with Gasteiger partial charge in [-0.05, 0) is 44.6 Å². The number of nitrogens with one attached hydrogen (secondary N) is 2. The number of anilines is 1. The van der Waals surface area contributed by atoms with Crippen LogP contribution in [0.3, 0.4) is 0 Å². The summed E-state index contributed by atoms with van der Waals surface area (Å²) >= 11 is 3.24. The molecule has 0 amide bonds. The van der Waals surface area contributed by atoms with Crippen LogP contribution < -0.4 is 15.8 Å². The Morgan fingerprint density at radius 3 is 3.07 bits per heavy atom. The van der Waals surface area contributed by atoms with Crippen molar-refractivity contribution in [1.82, 2.24) is 25.5 Å². The summed E-state index contributed by atoms with van der Waals surface area (Å²) in [6, 6.07) is 0. The van der Waals surface area contributed by atoms with Gasteiger partial charge in [0.25, 0.3) is 0 Å². The van der Waals surface area contributed by atoms with Crippen LogP contribution in [0.4, 0.5) is 5.95 Å². The van der Waals surface area contributed by atoms with Gasteiger partial charge in [-0.2, -0.15) is 0 Å². The highest BCUT2D eigenvalue weighted by atomic mass is 32.2. The number of esters is 1. The largest absolute Gasteiger partial charge is 0.465 e. The standard InChI is InChI=1S/C18H24N6O2S2/c1-4-26-13(25)8-27-18-21-20-17-23(18)16-14(15-19-10(3)22-24(15)17)11-7-9(2)5-6-12(11)28-16/h9-10,15,19,22H,4-8H2,1-3H3/t9-,10?,15?/m1/s1. The van der Waals surface area contributed by atoms with Gasteiger partial charge in [0, 0.05) is 10.4 Å². The molecule has 28 heavy (non-hydrogen) atoms. The van der Waals surface area contributed by atoms with E-state index in [1.165, 1.54) is 39.2 Å². The van der Waals surface area contributed by atoms with Crippen molar-refractivity contribution in [3.63, 3.8) is 0 Å². The summed E-state index contributed by atoms with van der Waals surface area (Å²) < 4.78 is 7.18. The Kier molecular flexibility index (Phi) is 4.61. The molecule has 0 radical (unpaired) electrons. The number of hydrogen-bond acceptors (Lipinski definition) is 9. The number of aromatic nitrogens is 3. The third-order valence-electron chi connectivity index (χ3n) is 5.46. The number of rotatable bonds is 4. The van der Waals surface area contributed by atoms with Crippen LogP contribution in [0.25, 0.3) is 5.00 Å². The summed E-state index contributed by atoms with van der Waals surface area (Å²) in [6.07, 6.45) is 3.70. The van der Waals surface area contributed by atoms with Crippen LogP contribution in [0.1, 0.15) is 49.4 Å². The fraction of sp³-hybridized carbons (Fsp3) is 0.611. The lowest BCUT2D eigenvalue weighted by Crippen LogP contribution is -2.40. The molecule has 10 heteroatoms. The number of thiophene rings is 1. The van der Waals surface area contributed by atoms with E-state index < -0.39 is 0 Å². The Labute approximate surface area is 172 Å². The number of carbonyl (C=O) groups is 1. The molecular formula is C18H24N6O2S2. The Balaban J connectivity index is 1.58. The molecule has 2 aromatic heterocycles. The Bertz CT molecular complexity index is 926. The number of fused-ring (bicyclic) bond motifs is 8. The maximum Gasteiger partial charge on any atom is 0.316 e. The Morgan fingerprint density at radius 1 is 1.39 bits per heavy atom. The predicted octanol–water partition coefficient (Wildman–Crippen LogP) is 2.38. The molecule has 4 heterocycles. The zero-order valence-corrected chi connectivity index (χ0v) is 17.8. The molecule has 0 aromatic carbocycles. The molecule has 1 aliphatic carbocycles. The summed E-state index contributed by atoms with van der Waals surface area (Å²) in [4.78, 5) is 13.3. The molecule has 1 fully saturated rings. The molecule has 0 spiro atoms. The Hall–Kier alpha value is -1.62. The Morgan fingerprint density at radius 2 is 2.25 bits per heavy atom. The van der Waals surface area contributed by atoms with E-state index in [9.17, 15) is 4.79 Å². The average molecular weight is 421 g/mol. The predicted molar refractivity (Wildman–Crippen MR) is 109 cm³/mol. The maximum atomic E-state index is 11.8. The fourth-order valence-corrected chi connectivity index (χ4v) is 6.41. The molecule has 2 aliphatic heterocycles. The number of thioether (sulfide) groups is 1. The van der Waals surface area contributed by atoms with Crippen LogP contribution in [-0.4, -0.2) is 39.3 Å². The smallest absolute Gasteiger partial charge is 0.316 e. The second-order valence-corrected chi connectivity index (χ2v) is 9.60. The highest BCUT2D eigenvalue weighted by Gasteiger charge is 2.44. The second kappa shape index (κ2) is 7.01. The first-order chi connectivity index (χ1) is 13.6. The lowest BCUT2D eigenvalue weighted by atomic mass is 9.87. The monoisotopic (exact) mass is 420 g/mol. The number of hydrogen-bond donors (Lipinski definition) is 2. The molecule has 2 aromatic rings. The van der Waals surface area contributed by atoms with E-state index in [-0.39, 0.29) is 24.1 Å². The summed E-state index contributed by atoms with van der Waals surface area (Å²) in [6.45, 7) is 6.65. The van der Waals surface area contributed by atoms with Crippen molar-refractivity contribution in [1.29, 1.82) is 0 Å². The van der Waals surface area contributed by atoms with Crippen LogP contribution >= 0.6 is 23.1 Å². The third kappa shape index (κ3) is 2.85. The molecule has 3 aliphatic rings. The van der Waals surface area contributed by atoms with Gasteiger partial charge in [0.15, 0.2) is 5.16 Å².